The number of pyridine rings is 1. The fourth-order valence-electron chi connectivity index (χ4n) is 1.27. The topological polar surface area (TPSA) is 75.1 Å². The van der Waals surface area contributed by atoms with Crippen molar-refractivity contribution in [3.63, 3.8) is 0 Å². The zero-order chi connectivity index (χ0) is 14.4. The molecule has 0 atom stereocenters. The van der Waals surface area contributed by atoms with Crippen LogP contribution < -0.4 is 5.32 Å². The van der Waals surface area contributed by atoms with Crippen LogP contribution in [0.1, 0.15) is 21.8 Å². The van der Waals surface area contributed by atoms with Gasteiger partial charge in [-0.15, -0.1) is 0 Å². The van der Waals surface area contributed by atoms with Gasteiger partial charge in [-0.3, -0.25) is 10.1 Å². The number of carbonyl (C=O) groups excluding carboxylic acids is 1. The standard InChI is InChI=1S/C13H10FN3O2S/c14-9-4-5-11(15-7-9)12(19)17-13-16-8-10(20-13)3-1-2-6-18/h4-5,7-8,18H,2,6H2,(H,16,17,19). The minimum absolute atomic E-state index is 0.00559. The van der Waals surface area contributed by atoms with Gasteiger partial charge in [0, 0.05) is 6.42 Å². The Hall–Kier alpha value is -2.30. The Morgan fingerprint density at radius 3 is 2.95 bits per heavy atom. The molecule has 0 radical (unpaired) electrons. The second-order valence-electron chi connectivity index (χ2n) is 3.62. The number of hydrogen-bond acceptors (Lipinski definition) is 5. The van der Waals surface area contributed by atoms with Gasteiger partial charge in [0.1, 0.15) is 11.5 Å². The summed E-state index contributed by atoms with van der Waals surface area (Å²) in [6.45, 7) is 0.00559. The van der Waals surface area contributed by atoms with Gasteiger partial charge in [0.05, 0.1) is 23.9 Å². The molecule has 0 fully saturated rings. The van der Waals surface area contributed by atoms with Gasteiger partial charge in [0.25, 0.3) is 5.91 Å². The van der Waals surface area contributed by atoms with Crippen LogP contribution in [0.15, 0.2) is 24.5 Å². The molecule has 1 amide bonds. The van der Waals surface area contributed by atoms with Crippen molar-refractivity contribution in [3.8, 4) is 11.8 Å². The number of carbonyl (C=O) groups is 1. The Kier molecular flexibility index (Phi) is 4.76. The van der Waals surface area contributed by atoms with E-state index in [9.17, 15) is 9.18 Å². The van der Waals surface area contributed by atoms with Crippen molar-refractivity contribution in [2.75, 3.05) is 11.9 Å². The van der Waals surface area contributed by atoms with Crippen LogP contribution in [-0.2, 0) is 0 Å². The van der Waals surface area contributed by atoms with Gasteiger partial charge in [0.15, 0.2) is 5.13 Å². The van der Waals surface area contributed by atoms with E-state index in [-0.39, 0.29) is 12.3 Å². The number of nitrogens with zero attached hydrogens (tertiary/aromatic N) is 2. The Balaban J connectivity index is 2.02. The Morgan fingerprint density at radius 1 is 1.40 bits per heavy atom. The lowest BCUT2D eigenvalue weighted by molar-refractivity contribution is 0.102. The molecule has 2 aromatic heterocycles. The number of amides is 1. The number of halogens is 1. The molecule has 0 aliphatic rings. The van der Waals surface area contributed by atoms with Gasteiger partial charge in [0.2, 0.25) is 0 Å². The van der Waals surface area contributed by atoms with Gasteiger partial charge in [-0.05, 0) is 12.1 Å². The van der Waals surface area contributed by atoms with E-state index >= 15 is 0 Å². The second-order valence-corrected chi connectivity index (χ2v) is 4.65. The molecule has 0 saturated heterocycles. The highest BCUT2D eigenvalue weighted by Gasteiger charge is 2.09. The van der Waals surface area contributed by atoms with Gasteiger partial charge in [-0.2, -0.15) is 0 Å². The lowest BCUT2D eigenvalue weighted by atomic mass is 10.3. The summed E-state index contributed by atoms with van der Waals surface area (Å²) < 4.78 is 12.7. The number of thiazole rings is 1. The van der Waals surface area contributed by atoms with E-state index in [4.69, 9.17) is 5.11 Å². The predicted octanol–water partition coefficient (Wildman–Crippen LogP) is 1.66. The summed E-state index contributed by atoms with van der Waals surface area (Å²) in [6, 6.07) is 2.45. The number of aliphatic hydroxyl groups excluding tert-OH is 1. The molecule has 0 unspecified atom stereocenters. The summed E-state index contributed by atoms with van der Waals surface area (Å²) in [5, 5.41) is 11.5. The van der Waals surface area contributed by atoms with Crippen LogP contribution in [0, 0.1) is 17.7 Å². The summed E-state index contributed by atoms with van der Waals surface area (Å²) in [5.41, 5.74) is 0.106. The van der Waals surface area contributed by atoms with Crippen LogP contribution in [0.4, 0.5) is 9.52 Å². The van der Waals surface area contributed by atoms with Crippen molar-refractivity contribution < 1.29 is 14.3 Å². The van der Waals surface area contributed by atoms with Crippen LogP contribution in [0.3, 0.4) is 0 Å². The molecule has 0 spiro atoms. The molecule has 0 aliphatic carbocycles. The van der Waals surface area contributed by atoms with E-state index in [2.05, 4.69) is 27.1 Å². The van der Waals surface area contributed by atoms with Crippen molar-refractivity contribution in [1.82, 2.24) is 9.97 Å². The number of rotatable bonds is 3. The fourth-order valence-corrected chi connectivity index (χ4v) is 1.95. The quantitative estimate of drug-likeness (QED) is 0.843. The van der Waals surface area contributed by atoms with Crippen LogP contribution in [-0.4, -0.2) is 27.6 Å². The lowest BCUT2D eigenvalue weighted by Gasteiger charge is -1.99. The molecule has 5 nitrogen and oxygen atoms in total. The van der Waals surface area contributed by atoms with E-state index in [0.717, 1.165) is 12.3 Å². The number of anilines is 1. The first-order chi connectivity index (χ1) is 9.69. The largest absolute Gasteiger partial charge is 0.395 e. The summed E-state index contributed by atoms with van der Waals surface area (Å²) in [7, 11) is 0. The molecule has 2 heterocycles. The first-order valence-corrected chi connectivity index (χ1v) is 6.49. The van der Waals surface area contributed by atoms with Crippen LogP contribution in [0.5, 0.6) is 0 Å². The van der Waals surface area contributed by atoms with E-state index in [0.29, 0.717) is 16.4 Å². The average molecular weight is 291 g/mol. The fraction of sp³-hybridized carbons (Fsp3) is 0.154. The molecule has 7 heteroatoms. The van der Waals surface area contributed by atoms with E-state index in [1.807, 2.05) is 0 Å². The summed E-state index contributed by atoms with van der Waals surface area (Å²) in [5.74, 6) is 4.61. The zero-order valence-corrected chi connectivity index (χ0v) is 11.1. The van der Waals surface area contributed by atoms with Crippen molar-refractivity contribution in [2.24, 2.45) is 0 Å². The summed E-state index contributed by atoms with van der Waals surface area (Å²) >= 11 is 1.21. The van der Waals surface area contributed by atoms with Gasteiger partial charge >= 0.3 is 0 Å². The highest BCUT2D eigenvalue weighted by atomic mass is 32.1. The lowest BCUT2D eigenvalue weighted by Crippen LogP contribution is -2.13. The normalized spacial score (nSPS) is 9.70. The molecule has 0 bridgehead atoms. The van der Waals surface area contributed by atoms with Crippen molar-refractivity contribution >= 4 is 22.4 Å². The molecule has 0 aromatic carbocycles. The number of aliphatic hydroxyl groups is 1. The summed E-state index contributed by atoms with van der Waals surface area (Å²) in [4.78, 5) is 20.2. The minimum atomic E-state index is -0.503. The molecule has 2 N–H and O–H groups in total. The zero-order valence-electron chi connectivity index (χ0n) is 10.3. The Labute approximate surface area is 118 Å². The van der Waals surface area contributed by atoms with E-state index in [1.54, 1.807) is 0 Å². The predicted molar refractivity (Wildman–Crippen MR) is 72.8 cm³/mol. The van der Waals surface area contributed by atoms with Crippen LogP contribution >= 0.6 is 11.3 Å². The first kappa shape index (κ1) is 14.1. The van der Waals surface area contributed by atoms with Gasteiger partial charge in [-0.25, -0.2) is 14.4 Å². The molecule has 2 aromatic rings. The van der Waals surface area contributed by atoms with E-state index in [1.165, 1.54) is 23.6 Å². The van der Waals surface area contributed by atoms with Gasteiger partial charge < -0.3 is 5.11 Å². The SMILES string of the molecule is O=C(Nc1ncc(C#CCCO)s1)c1ccc(F)cn1. The molecular formula is C13H10FN3O2S. The maximum Gasteiger partial charge on any atom is 0.276 e. The summed E-state index contributed by atoms with van der Waals surface area (Å²) in [6.07, 6.45) is 2.89. The highest BCUT2D eigenvalue weighted by Crippen LogP contribution is 2.17. The molecule has 20 heavy (non-hydrogen) atoms. The van der Waals surface area contributed by atoms with E-state index < -0.39 is 11.7 Å². The maximum atomic E-state index is 12.7. The number of nitrogens with one attached hydrogen (secondary N) is 1. The first-order valence-electron chi connectivity index (χ1n) is 5.67. The third-order valence-corrected chi connectivity index (χ3v) is 2.96. The van der Waals surface area contributed by atoms with Crippen molar-refractivity contribution in [3.05, 3.63) is 40.9 Å². The van der Waals surface area contributed by atoms with Gasteiger partial charge in [-0.1, -0.05) is 23.2 Å². The van der Waals surface area contributed by atoms with Crippen molar-refractivity contribution in [2.45, 2.75) is 6.42 Å². The molecule has 0 saturated carbocycles. The van der Waals surface area contributed by atoms with Crippen LogP contribution in [0.25, 0.3) is 0 Å². The van der Waals surface area contributed by atoms with Crippen molar-refractivity contribution in [1.29, 1.82) is 0 Å². The smallest absolute Gasteiger partial charge is 0.276 e. The second kappa shape index (κ2) is 6.75. The molecule has 102 valence electrons. The maximum absolute atomic E-state index is 12.7. The number of hydrogen-bond donors (Lipinski definition) is 2. The molecule has 2 rings (SSSR count). The third kappa shape index (κ3) is 3.85. The molecule has 0 aliphatic heterocycles. The number of aromatic nitrogens is 2. The van der Waals surface area contributed by atoms with Crippen LogP contribution in [0.2, 0.25) is 0 Å². The Morgan fingerprint density at radius 2 is 2.25 bits per heavy atom. The minimum Gasteiger partial charge on any atom is -0.395 e. The third-order valence-electron chi connectivity index (χ3n) is 2.13. The molecular weight excluding hydrogens is 281 g/mol. The monoisotopic (exact) mass is 291 g/mol. The average Bonchev–Trinajstić information content (AvgIpc) is 2.87. The Bertz CT molecular complexity index is 658. The highest BCUT2D eigenvalue weighted by molar-refractivity contribution is 7.16.